The van der Waals surface area contributed by atoms with Gasteiger partial charge in [-0.2, -0.15) is 11.8 Å². The molecule has 4 atom stereocenters. The van der Waals surface area contributed by atoms with Gasteiger partial charge in [-0.15, -0.1) is 0 Å². The summed E-state index contributed by atoms with van der Waals surface area (Å²) in [5.41, 5.74) is 0. The smallest absolute Gasteiger partial charge is 0.305 e. The summed E-state index contributed by atoms with van der Waals surface area (Å²) < 4.78 is 16.4. The zero-order valence-corrected chi connectivity index (χ0v) is 15.6. The van der Waals surface area contributed by atoms with Crippen molar-refractivity contribution in [2.24, 2.45) is 5.92 Å². The molecule has 0 saturated carbocycles. The van der Waals surface area contributed by atoms with Crippen LogP contribution in [0.4, 0.5) is 0 Å². The van der Waals surface area contributed by atoms with Gasteiger partial charge in [0.2, 0.25) is 0 Å². The van der Waals surface area contributed by atoms with Crippen molar-refractivity contribution in [3.63, 3.8) is 0 Å². The fourth-order valence-corrected chi connectivity index (χ4v) is 5.07. The fraction of sp³-hybridized carbons (Fsp3) is 0.944. The summed E-state index contributed by atoms with van der Waals surface area (Å²) in [6.07, 6.45) is 9.18. The molecular formula is C18H32O5S. The van der Waals surface area contributed by atoms with Gasteiger partial charge in [0, 0.05) is 36.6 Å². The molecule has 6 heteroatoms. The lowest BCUT2D eigenvalue weighted by Crippen LogP contribution is -2.35. The van der Waals surface area contributed by atoms with E-state index in [0.29, 0.717) is 11.7 Å². The van der Waals surface area contributed by atoms with Crippen LogP contribution in [0.15, 0.2) is 0 Å². The molecule has 2 heterocycles. The number of methoxy groups -OCH3 is 1. The molecule has 2 aliphatic rings. The van der Waals surface area contributed by atoms with Crippen LogP contribution in [-0.4, -0.2) is 54.8 Å². The summed E-state index contributed by atoms with van der Waals surface area (Å²) in [4.78, 5) is 11.1. The number of hydrogen-bond donors (Lipinski definition) is 1. The molecule has 1 N–H and O–H groups in total. The average Bonchev–Trinajstić information content (AvgIpc) is 3.00. The van der Waals surface area contributed by atoms with Gasteiger partial charge in [0.25, 0.3) is 0 Å². The van der Waals surface area contributed by atoms with E-state index in [1.54, 1.807) is 0 Å². The van der Waals surface area contributed by atoms with E-state index in [1.165, 1.54) is 13.5 Å². The Morgan fingerprint density at radius 2 is 2.08 bits per heavy atom. The van der Waals surface area contributed by atoms with E-state index in [1.807, 2.05) is 11.8 Å². The van der Waals surface area contributed by atoms with Gasteiger partial charge < -0.3 is 19.3 Å². The van der Waals surface area contributed by atoms with Gasteiger partial charge in [0.05, 0.1) is 13.2 Å². The number of rotatable bonds is 10. The van der Waals surface area contributed by atoms with Crippen molar-refractivity contribution in [3.8, 4) is 0 Å². The second kappa shape index (κ2) is 11.3. The molecule has 2 fully saturated rings. The first-order chi connectivity index (χ1) is 11.7. The number of aliphatic hydroxyl groups excluding tert-OH is 1. The van der Waals surface area contributed by atoms with Gasteiger partial charge >= 0.3 is 5.97 Å². The van der Waals surface area contributed by atoms with E-state index in [9.17, 15) is 9.90 Å². The van der Waals surface area contributed by atoms with Crippen LogP contribution in [0.25, 0.3) is 0 Å². The Hall–Kier alpha value is -0.300. The molecule has 1 unspecified atom stereocenters. The van der Waals surface area contributed by atoms with Gasteiger partial charge in [-0.3, -0.25) is 4.79 Å². The lowest BCUT2D eigenvalue weighted by molar-refractivity contribution is -0.193. The molecule has 0 aromatic heterocycles. The number of hydrogen-bond acceptors (Lipinski definition) is 6. The largest absolute Gasteiger partial charge is 0.469 e. The van der Waals surface area contributed by atoms with Gasteiger partial charge in [-0.1, -0.05) is 19.3 Å². The number of thioether (sulfide) groups is 1. The van der Waals surface area contributed by atoms with Crippen molar-refractivity contribution in [3.05, 3.63) is 0 Å². The third-order valence-corrected chi connectivity index (χ3v) is 6.49. The Kier molecular flexibility index (Phi) is 9.46. The molecule has 0 bridgehead atoms. The first kappa shape index (κ1) is 20.0. The minimum absolute atomic E-state index is 0.0736. The van der Waals surface area contributed by atoms with E-state index >= 15 is 0 Å². The van der Waals surface area contributed by atoms with Crippen LogP contribution in [0, 0.1) is 5.92 Å². The monoisotopic (exact) mass is 360 g/mol. The molecule has 24 heavy (non-hydrogen) atoms. The second-order valence-electron chi connectivity index (χ2n) is 6.72. The molecule has 2 rings (SSSR count). The van der Waals surface area contributed by atoms with Crippen molar-refractivity contribution in [1.82, 2.24) is 0 Å². The number of carbonyl (C=O) groups is 1. The van der Waals surface area contributed by atoms with Crippen LogP contribution < -0.4 is 0 Å². The van der Waals surface area contributed by atoms with Crippen molar-refractivity contribution in [2.75, 3.05) is 26.1 Å². The molecule has 0 aromatic rings. The SMILES string of the molecule is COC(=O)CCCCCC[C@H]1SC[C@@H](OC2CCCCO2)[C@@H]1CO. The number of aliphatic hydroxyl groups is 1. The Morgan fingerprint density at radius 3 is 2.79 bits per heavy atom. The van der Waals surface area contributed by atoms with Crippen LogP contribution in [0.1, 0.15) is 57.8 Å². The molecule has 5 nitrogen and oxygen atoms in total. The normalized spacial score (nSPS) is 30.4. The number of ether oxygens (including phenoxy) is 3. The van der Waals surface area contributed by atoms with Crippen LogP contribution in [0.5, 0.6) is 0 Å². The van der Waals surface area contributed by atoms with Crippen LogP contribution in [-0.2, 0) is 19.0 Å². The minimum atomic E-state index is -0.119. The molecule has 140 valence electrons. The topological polar surface area (TPSA) is 65.0 Å². The Balaban J connectivity index is 1.61. The maximum Gasteiger partial charge on any atom is 0.305 e. The minimum Gasteiger partial charge on any atom is -0.469 e. The summed E-state index contributed by atoms with van der Waals surface area (Å²) in [7, 11) is 1.44. The lowest BCUT2D eigenvalue weighted by Gasteiger charge is -2.29. The van der Waals surface area contributed by atoms with Crippen LogP contribution in [0.3, 0.4) is 0 Å². The molecule has 0 aliphatic carbocycles. The second-order valence-corrected chi connectivity index (χ2v) is 7.99. The molecule has 2 saturated heterocycles. The van der Waals surface area contributed by atoms with E-state index in [-0.39, 0.29) is 30.9 Å². The Bertz CT molecular complexity index is 359. The summed E-state index contributed by atoms with van der Waals surface area (Å²) in [6, 6.07) is 0. The molecule has 2 aliphatic heterocycles. The quantitative estimate of drug-likeness (QED) is 0.477. The van der Waals surface area contributed by atoms with E-state index in [2.05, 4.69) is 4.74 Å². The fourth-order valence-electron chi connectivity index (χ4n) is 3.46. The first-order valence-electron chi connectivity index (χ1n) is 9.31. The Labute approximate surface area is 149 Å². The maximum atomic E-state index is 11.1. The zero-order valence-electron chi connectivity index (χ0n) is 14.8. The third kappa shape index (κ3) is 6.54. The highest BCUT2D eigenvalue weighted by atomic mass is 32.2. The highest BCUT2D eigenvalue weighted by Gasteiger charge is 2.38. The van der Waals surface area contributed by atoms with Crippen LogP contribution >= 0.6 is 11.8 Å². The standard InChI is InChI=1S/C18H32O5S/c1-21-17(20)9-5-3-2-4-8-16-14(12-19)15(13-24-16)23-18-10-6-7-11-22-18/h14-16,18-19H,2-13H2,1H3/t14-,15+,16+,18?/m0/s1. The number of carbonyl (C=O) groups excluding carboxylic acids is 1. The molecular weight excluding hydrogens is 328 g/mol. The predicted octanol–water partition coefficient (Wildman–Crippen LogP) is 3.14. The summed E-state index contributed by atoms with van der Waals surface area (Å²) in [6.45, 7) is 0.987. The van der Waals surface area contributed by atoms with E-state index < -0.39 is 0 Å². The van der Waals surface area contributed by atoms with E-state index in [4.69, 9.17) is 9.47 Å². The van der Waals surface area contributed by atoms with Gasteiger partial charge in [0.1, 0.15) is 0 Å². The highest BCUT2D eigenvalue weighted by molar-refractivity contribution is 8.00. The first-order valence-corrected chi connectivity index (χ1v) is 10.4. The van der Waals surface area contributed by atoms with Crippen molar-refractivity contribution in [1.29, 1.82) is 0 Å². The third-order valence-electron chi connectivity index (χ3n) is 4.95. The highest BCUT2D eigenvalue weighted by Crippen LogP contribution is 2.38. The van der Waals surface area contributed by atoms with Crippen molar-refractivity contribution >= 4 is 17.7 Å². The summed E-state index contributed by atoms with van der Waals surface area (Å²) in [5, 5.41) is 10.3. The molecule has 0 radical (unpaired) electrons. The van der Waals surface area contributed by atoms with Crippen LogP contribution in [0.2, 0.25) is 0 Å². The zero-order chi connectivity index (χ0) is 17.2. The number of unbranched alkanes of at least 4 members (excludes halogenated alkanes) is 3. The molecule has 0 amide bonds. The molecule has 0 spiro atoms. The lowest BCUT2D eigenvalue weighted by atomic mass is 9.96. The summed E-state index contributed by atoms with van der Waals surface area (Å²) in [5.74, 6) is 1.06. The number of esters is 1. The Morgan fingerprint density at radius 1 is 1.25 bits per heavy atom. The summed E-state index contributed by atoms with van der Waals surface area (Å²) >= 11 is 1.93. The molecule has 0 aromatic carbocycles. The van der Waals surface area contributed by atoms with Crippen molar-refractivity contribution < 1.29 is 24.1 Å². The van der Waals surface area contributed by atoms with Gasteiger partial charge in [0.15, 0.2) is 6.29 Å². The average molecular weight is 361 g/mol. The van der Waals surface area contributed by atoms with Gasteiger partial charge in [-0.05, 0) is 32.1 Å². The van der Waals surface area contributed by atoms with E-state index in [0.717, 1.165) is 57.3 Å². The van der Waals surface area contributed by atoms with Crippen molar-refractivity contribution in [2.45, 2.75) is 75.4 Å². The van der Waals surface area contributed by atoms with Gasteiger partial charge in [-0.25, -0.2) is 0 Å². The maximum absolute atomic E-state index is 11.1. The predicted molar refractivity (Wildman–Crippen MR) is 95.0 cm³/mol.